The normalized spacial score (nSPS) is 12.7. The molecule has 250 valence electrons. The quantitative estimate of drug-likeness (QED) is 0.105. The highest BCUT2D eigenvalue weighted by atomic mass is 19.4. The minimum absolute atomic E-state index is 0.0258. The van der Waals surface area contributed by atoms with E-state index in [1.54, 1.807) is 42.5 Å². The van der Waals surface area contributed by atoms with E-state index >= 15 is 0 Å². The van der Waals surface area contributed by atoms with Crippen LogP contribution in [0.5, 0.6) is 17.2 Å². The Balaban J connectivity index is 1.15. The van der Waals surface area contributed by atoms with Crippen LogP contribution in [0.15, 0.2) is 109 Å². The van der Waals surface area contributed by atoms with Crippen molar-refractivity contribution in [1.82, 2.24) is 15.3 Å². The monoisotopic (exact) mass is 660 g/mol. The number of H-pyrrole nitrogens is 1. The molecule has 1 amide bonds. The Hall–Kier alpha value is -5.33. The Bertz CT molecular complexity index is 1750. The molecule has 0 radical (unpaired) electrons. The molecule has 5 aromatic rings. The molecule has 0 aliphatic carbocycles. The van der Waals surface area contributed by atoms with Gasteiger partial charge in [0.25, 0.3) is 5.91 Å². The Labute approximate surface area is 275 Å². The van der Waals surface area contributed by atoms with Gasteiger partial charge < -0.3 is 35.4 Å². The summed E-state index contributed by atoms with van der Waals surface area (Å²) >= 11 is 0. The highest BCUT2D eigenvalue weighted by Gasteiger charge is 2.33. The number of hydrogen-bond donors (Lipinski definition) is 4. The van der Waals surface area contributed by atoms with Crippen molar-refractivity contribution in [3.63, 3.8) is 0 Å². The molecule has 9 nitrogen and oxygen atoms in total. The molecular weight excluding hydrogens is 625 g/mol. The van der Waals surface area contributed by atoms with Crippen molar-refractivity contribution in [1.29, 1.82) is 0 Å². The Kier molecular flexibility index (Phi) is 11.3. The van der Waals surface area contributed by atoms with Gasteiger partial charge in [-0.1, -0.05) is 60.7 Å². The third-order valence-corrected chi connectivity index (χ3v) is 7.25. The van der Waals surface area contributed by atoms with Gasteiger partial charge in [0.05, 0.1) is 5.56 Å². The predicted molar refractivity (Wildman–Crippen MR) is 174 cm³/mol. The lowest BCUT2D eigenvalue weighted by atomic mass is 10.1. The number of benzene rings is 4. The summed E-state index contributed by atoms with van der Waals surface area (Å²) in [4.78, 5) is 18.4. The third kappa shape index (κ3) is 9.84. The molecule has 0 saturated carbocycles. The number of hydrogen-bond acceptors (Lipinski definition) is 7. The van der Waals surface area contributed by atoms with E-state index in [4.69, 9.17) is 19.9 Å². The molecule has 0 bridgehead atoms. The molecule has 5 N–H and O–H groups in total. The van der Waals surface area contributed by atoms with E-state index in [-0.39, 0.29) is 37.3 Å². The third-order valence-electron chi connectivity index (χ3n) is 7.25. The first-order valence-electron chi connectivity index (χ1n) is 15.2. The second-order valence-electron chi connectivity index (χ2n) is 11.0. The fourth-order valence-corrected chi connectivity index (χ4v) is 4.85. The molecule has 0 aliphatic heterocycles. The fraction of sp³-hybridized carbons (Fsp3) is 0.222. The van der Waals surface area contributed by atoms with Crippen molar-refractivity contribution in [3.05, 3.63) is 132 Å². The zero-order chi connectivity index (χ0) is 33.9. The van der Waals surface area contributed by atoms with E-state index in [0.29, 0.717) is 35.8 Å². The van der Waals surface area contributed by atoms with Crippen LogP contribution in [-0.2, 0) is 19.2 Å². The summed E-state index contributed by atoms with van der Waals surface area (Å²) < 4.78 is 56.4. The van der Waals surface area contributed by atoms with Gasteiger partial charge in [0.15, 0.2) is 5.69 Å². The molecule has 2 atom stereocenters. The highest BCUT2D eigenvalue weighted by molar-refractivity contribution is 5.96. The lowest BCUT2D eigenvalue weighted by Crippen LogP contribution is -2.38. The van der Waals surface area contributed by atoms with Crippen molar-refractivity contribution < 1.29 is 37.3 Å². The van der Waals surface area contributed by atoms with Gasteiger partial charge in [-0.05, 0) is 53.6 Å². The number of carbonyl (C=O) groups excluding carboxylic acids is 1. The molecule has 0 aliphatic rings. The van der Waals surface area contributed by atoms with Crippen LogP contribution >= 0.6 is 0 Å². The zero-order valence-electron chi connectivity index (χ0n) is 25.8. The standard InChI is InChI=1S/C36H35F3N4O5/c37-36(38,39)33-21-42-35(43-33)26-11-13-28(14-12-26)46-23-27(44)19-41-20-30(17-24-7-3-1-4-8-24)48-29-15-16-32(31(18-29)34(40)45)47-22-25-9-5-2-6-10-25/h1-16,18,21,27,30,41,44H,17,19-20,22-23H2,(H2,40,45)(H,42,43). The molecule has 12 heteroatoms. The van der Waals surface area contributed by atoms with Gasteiger partial charge in [-0.25, -0.2) is 4.98 Å². The van der Waals surface area contributed by atoms with Crippen molar-refractivity contribution in [2.75, 3.05) is 19.7 Å². The topological polar surface area (TPSA) is 132 Å². The molecule has 0 saturated heterocycles. The first-order valence-corrected chi connectivity index (χ1v) is 15.2. The maximum atomic E-state index is 12.9. The summed E-state index contributed by atoms with van der Waals surface area (Å²) in [5.74, 6) is 0.673. The number of amides is 1. The first kappa shape index (κ1) is 34.0. The lowest BCUT2D eigenvalue weighted by Gasteiger charge is -2.22. The van der Waals surface area contributed by atoms with Crippen LogP contribution in [0.2, 0.25) is 0 Å². The summed E-state index contributed by atoms with van der Waals surface area (Å²) in [7, 11) is 0. The smallest absolute Gasteiger partial charge is 0.434 e. The fourth-order valence-electron chi connectivity index (χ4n) is 4.85. The highest BCUT2D eigenvalue weighted by Crippen LogP contribution is 2.30. The summed E-state index contributed by atoms with van der Waals surface area (Å²) in [6, 6.07) is 30.6. The van der Waals surface area contributed by atoms with E-state index < -0.39 is 23.9 Å². The van der Waals surface area contributed by atoms with Gasteiger partial charge in [-0.15, -0.1) is 0 Å². The van der Waals surface area contributed by atoms with E-state index in [2.05, 4.69) is 15.3 Å². The number of aromatic amines is 1. The zero-order valence-corrected chi connectivity index (χ0v) is 25.8. The number of aliphatic hydroxyl groups excluding tert-OH is 1. The number of halogens is 3. The van der Waals surface area contributed by atoms with Crippen molar-refractivity contribution in [2.45, 2.75) is 31.4 Å². The summed E-state index contributed by atoms with van der Waals surface area (Å²) in [5.41, 5.74) is 7.32. The van der Waals surface area contributed by atoms with Gasteiger partial charge in [-0.3, -0.25) is 4.79 Å². The molecule has 2 unspecified atom stereocenters. The molecule has 1 heterocycles. The molecule has 48 heavy (non-hydrogen) atoms. The predicted octanol–water partition coefficient (Wildman–Crippen LogP) is 5.79. The molecule has 4 aromatic carbocycles. The number of rotatable bonds is 16. The Morgan fingerprint density at radius 1 is 0.875 bits per heavy atom. The van der Waals surface area contributed by atoms with E-state index in [1.165, 1.54) is 0 Å². The summed E-state index contributed by atoms with van der Waals surface area (Å²) in [5, 5.41) is 13.8. The van der Waals surface area contributed by atoms with Crippen LogP contribution in [0.25, 0.3) is 11.4 Å². The number of aromatic nitrogens is 2. The number of nitrogens with zero attached hydrogens (tertiary/aromatic N) is 1. The van der Waals surface area contributed by atoms with Crippen LogP contribution in [0.4, 0.5) is 13.2 Å². The van der Waals surface area contributed by atoms with Crippen molar-refractivity contribution in [2.24, 2.45) is 5.73 Å². The minimum atomic E-state index is -4.53. The van der Waals surface area contributed by atoms with Crippen LogP contribution in [-0.4, -0.2) is 52.9 Å². The van der Waals surface area contributed by atoms with E-state index in [0.717, 1.165) is 17.3 Å². The Morgan fingerprint density at radius 2 is 1.54 bits per heavy atom. The van der Waals surface area contributed by atoms with Crippen molar-refractivity contribution in [3.8, 4) is 28.6 Å². The molecule has 0 fully saturated rings. The van der Waals surface area contributed by atoms with Crippen LogP contribution in [0, 0.1) is 0 Å². The summed E-state index contributed by atoms with van der Waals surface area (Å²) in [6.07, 6.45) is -4.41. The van der Waals surface area contributed by atoms with Gasteiger partial charge in [0.1, 0.15) is 48.5 Å². The first-order chi connectivity index (χ1) is 23.1. The number of aliphatic hydroxyl groups is 1. The van der Waals surface area contributed by atoms with Gasteiger partial charge in [0.2, 0.25) is 0 Å². The minimum Gasteiger partial charge on any atom is -0.491 e. The second kappa shape index (κ2) is 16.0. The van der Waals surface area contributed by atoms with Gasteiger partial charge in [-0.2, -0.15) is 13.2 Å². The SMILES string of the molecule is NC(=O)c1cc(OC(CNCC(O)COc2ccc(-c3nc(C(F)(F)F)c[nH]3)cc2)Cc2ccccc2)ccc1OCc1ccccc1. The Morgan fingerprint density at radius 3 is 2.19 bits per heavy atom. The van der Waals surface area contributed by atoms with Crippen LogP contribution < -0.4 is 25.3 Å². The summed E-state index contributed by atoms with van der Waals surface area (Å²) in [6.45, 7) is 0.804. The van der Waals surface area contributed by atoms with Gasteiger partial charge >= 0.3 is 6.18 Å². The molecule has 1 aromatic heterocycles. The number of nitrogens with one attached hydrogen (secondary N) is 2. The van der Waals surface area contributed by atoms with Crippen LogP contribution in [0.1, 0.15) is 27.2 Å². The number of carbonyl (C=O) groups is 1. The van der Waals surface area contributed by atoms with E-state index in [1.807, 2.05) is 60.7 Å². The second-order valence-corrected chi connectivity index (χ2v) is 11.0. The lowest BCUT2D eigenvalue weighted by molar-refractivity contribution is -0.140. The average molecular weight is 661 g/mol. The number of alkyl halides is 3. The van der Waals surface area contributed by atoms with Gasteiger partial charge in [0, 0.05) is 31.3 Å². The van der Waals surface area contributed by atoms with Crippen LogP contribution in [0.3, 0.4) is 0 Å². The van der Waals surface area contributed by atoms with E-state index in [9.17, 15) is 23.1 Å². The molecule has 5 rings (SSSR count). The molecule has 0 spiro atoms. The largest absolute Gasteiger partial charge is 0.491 e. The number of ether oxygens (including phenoxy) is 3. The number of nitrogens with two attached hydrogens (primary N) is 1. The average Bonchev–Trinajstić information content (AvgIpc) is 3.59. The number of primary amides is 1. The maximum Gasteiger partial charge on any atom is 0.434 e. The molecular formula is C36H35F3N4O5. The van der Waals surface area contributed by atoms with Crippen molar-refractivity contribution >= 4 is 5.91 Å². The maximum absolute atomic E-state index is 12.9. The number of imidazole rings is 1.